The van der Waals surface area contributed by atoms with Crippen LogP contribution in [0.25, 0.3) is 0 Å². The van der Waals surface area contributed by atoms with E-state index < -0.39 is 41.9 Å². The van der Waals surface area contributed by atoms with Crippen molar-refractivity contribution in [1.29, 1.82) is 0 Å². The number of rotatable bonds is 21. The average Bonchev–Trinajstić information content (AvgIpc) is 3.12. The highest BCUT2D eigenvalue weighted by atomic mass is 16.6. The summed E-state index contributed by atoms with van der Waals surface area (Å²) in [6.07, 6.45) is 2.85. The van der Waals surface area contributed by atoms with E-state index in [1.807, 2.05) is 72.8 Å². The number of ether oxygens (including phenoxy) is 3. The third-order valence-corrected chi connectivity index (χ3v) is 7.33. The normalized spacial score (nSPS) is 12.3. The van der Waals surface area contributed by atoms with E-state index in [0.717, 1.165) is 16.7 Å². The highest BCUT2D eigenvalue weighted by molar-refractivity contribution is 5.86. The smallest absolute Gasteiger partial charge is 0.408 e. The molecule has 3 rings (SSSR count). The summed E-state index contributed by atoms with van der Waals surface area (Å²) in [5.74, 6) is -1.53. The summed E-state index contributed by atoms with van der Waals surface area (Å²) in [6, 6.07) is 24.8. The lowest BCUT2D eigenvalue weighted by Crippen LogP contribution is -2.43. The summed E-state index contributed by atoms with van der Waals surface area (Å²) in [6.45, 7) is 7.33. The Morgan fingerprint density at radius 2 is 1.39 bits per heavy atom. The first kappa shape index (κ1) is 38.0. The van der Waals surface area contributed by atoms with Gasteiger partial charge in [0.15, 0.2) is 0 Å². The van der Waals surface area contributed by atoms with E-state index in [4.69, 9.17) is 14.2 Å². The van der Waals surface area contributed by atoms with E-state index in [0.29, 0.717) is 18.8 Å². The zero-order valence-corrected chi connectivity index (χ0v) is 27.6. The molecule has 0 saturated heterocycles. The first-order valence-corrected chi connectivity index (χ1v) is 16.1. The maximum atomic E-state index is 12.9. The van der Waals surface area contributed by atoms with E-state index in [9.17, 15) is 24.3 Å². The molecular weight excluding hydrogens is 626 g/mol. The van der Waals surface area contributed by atoms with Gasteiger partial charge in [-0.1, -0.05) is 84.9 Å². The van der Waals surface area contributed by atoms with E-state index in [1.165, 1.54) is 6.08 Å². The minimum atomic E-state index is -1.01. The largest absolute Gasteiger partial charge is 0.489 e. The van der Waals surface area contributed by atoms with Crippen LogP contribution in [0.15, 0.2) is 110 Å². The van der Waals surface area contributed by atoms with Gasteiger partial charge in [0.2, 0.25) is 11.8 Å². The van der Waals surface area contributed by atoms with Gasteiger partial charge in [-0.25, -0.2) is 9.59 Å². The Labute approximate surface area is 287 Å². The highest BCUT2D eigenvalue weighted by Gasteiger charge is 2.24. The van der Waals surface area contributed by atoms with Crippen LogP contribution < -0.4 is 20.7 Å². The predicted molar refractivity (Wildman–Crippen MR) is 185 cm³/mol. The third kappa shape index (κ3) is 14.5. The Bertz CT molecular complexity index is 1480. The summed E-state index contributed by atoms with van der Waals surface area (Å²) in [5.41, 5.74) is 2.75. The molecule has 0 radical (unpaired) electrons. The maximum Gasteiger partial charge on any atom is 0.408 e. The second kappa shape index (κ2) is 21.5. The van der Waals surface area contributed by atoms with E-state index in [2.05, 4.69) is 29.1 Å². The van der Waals surface area contributed by atoms with Gasteiger partial charge in [-0.2, -0.15) is 0 Å². The molecule has 3 amide bonds. The summed E-state index contributed by atoms with van der Waals surface area (Å²) in [7, 11) is 0. The highest BCUT2D eigenvalue weighted by Crippen LogP contribution is 2.16. The van der Waals surface area contributed by atoms with Crippen molar-refractivity contribution in [1.82, 2.24) is 16.0 Å². The van der Waals surface area contributed by atoms with Gasteiger partial charge in [0.25, 0.3) is 0 Å². The van der Waals surface area contributed by atoms with Gasteiger partial charge < -0.3 is 35.3 Å². The minimum absolute atomic E-state index is 0.0105. The van der Waals surface area contributed by atoms with Gasteiger partial charge in [0.05, 0.1) is 25.1 Å². The molecule has 3 unspecified atom stereocenters. The van der Waals surface area contributed by atoms with Crippen LogP contribution in [-0.4, -0.2) is 60.8 Å². The quantitative estimate of drug-likeness (QED) is 0.0739. The Kier molecular flexibility index (Phi) is 16.7. The molecule has 260 valence electrons. The van der Waals surface area contributed by atoms with Gasteiger partial charge in [0.1, 0.15) is 31.6 Å². The number of aliphatic hydroxyl groups excluding tert-OH is 1. The maximum absolute atomic E-state index is 12.9. The fourth-order valence-corrected chi connectivity index (χ4v) is 4.76. The molecule has 11 heteroatoms. The van der Waals surface area contributed by atoms with Crippen molar-refractivity contribution in [3.05, 3.63) is 127 Å². The summed E-state index contributed by atoms with van der Waals surface area (Å²) in [4.78, 5) is 50.5. The average molecular weight is 672 g/mol. The van der Waals surface area contributed by atoms with Gasteiger partial charge in [-0.15, -0.1) is 13.2 Å². The van der Waals surface area contributed by atoms with Crippen LogP contribution in [0.3, 0.4) is 0 Å². The van der Waals surface area contributed by atoms with Crippen molar-refractivity contribution in [3.63, 3.8) is 0 Å². The number of benzene rings is 3. The molecule has 0 saturated carbocycles. The number of carbonyl (C=O) groups excluding carboxylic acids is 4. The van der Waals surface area contributed by atoms with Crippen molar-refractivity contribution in [2.45, 2.75) is 51.0 Å². The molecule has 11 nitrogen and oxygen atoms in total. The van der Waals surface area contributed by atoms with Crippen LogP contribution in [0.4, 0.5) is 4.79 Å². The Hall–Kier alpha value is -5.42. The van der Waals surface area contributed by atoms with Crippen molar-refractivity contribution in [3.8, 4) is 5.75 Å². The Morgan fingerprint density at radius 3 is 2.00 bits per heavy atom. The monoisotopic (exact) mass is 671 g/mol. The van der Waals surface area contributed by atoms with E-state index in [1.54, 1.807) is 18.2 Å². The molecule has 4 N–H and O–H groups in total. The lowest BCUT2D eigenvalue weighted by Gasteiger charge is -2.20. The fraction of sp³-hybridized carbons (Fsp3) is 0.316. The molecule has 3 aromatic carbocycles. The Morgan fingerprint density at radius 1 is 0.755 bits per heavy atom. The van der Waals surface area contributed by atoms with E-state index in [-0.39, 0.29) is 45.6 Å². The van der Waals surface area contributed by atoms with Crippen LogP contribution >= 0.6 is 0 Å². The van der Waals surface area contributed by atoms with Gasteiger partial charge in [-0.05, 0) is 48.1 Å². The number of amides is 3. The number of hydrogen-bond donors (Lipinski definition) is 4. The zero-order chi connectivity index (χ0) is 35.3. The van der Waals surface area contributed by atoms with E-state index >= 15 is 0 Å². The number of esters is 1. The molecule has 0 aliphatic heterocycles. The first-order chi connectivity index (χ1) is 23.8. The first-order valence-electron chi connectivity index (χ1n) is 16.1. The number of nitrogens with one attached hydrogen (secondary N) is 3. The topological polar surface area (TPSA) is 152 Å². The Balaban J connectivity index is 1.39. The molecule has 3 atom stereocenters. The molecule has 3 aromatic rings. The molecule has 0 fully saturated rings. The van der Waals surface area contributed by atoms with Crippen LogP contribution in [0.1, 0.15) is 36.0 Å². The standard InChI is InChI=1S/C38H45N3O8/c1-3-11-31(24-35(43)40-32(25-42)23-28-17-19-33(20-18-28)48-26-29-13-7-5-8-14-29)36(44)39-21-22-47-37(45)34(12-4-2)41-38(46)49-27-30-15-9-6-10-16-30/h3-10,13-20,31-32,34,42H,1-2,11-12,21-27H2,(H,39,44)(H,40,43)(H,41,46). The fourth-order valence-electron chi connectivity index (χ4n) is 4.76. The lowest BCUT2D eigenvalue weighted by atomic mass is 9.99. The molecular formula is C38H45N3O8. The number of hydrogen-bond acceptors (Lipinski definition) is 8. The van der Waals surface area contributed by atoms with Gasteiger partial charge in [-0.3, -0.25) is 9.59 Å². The molecule has 0 spiro atoms. The predicted octanol–water partition coefficient (Wildman–Crippen LogP) is 4.40. The second-order valence-corrected chi connectivity index (χ2v) is 11.2. The second-order valence-electron chi connectivity index (χ2n) is 11.2. The minimum Gasteiger partial charge on any atom is -0.489 e. The number of allylic oxidation sites excluding steroid dienone is 1. The molecule has 49 heavy (non-hydrogen) atoms. The molecule has 0 aromatic heterocycles. The molecule has 0 bridgehead atoms. The summed E-state index contributed by atoms with van der Waals surface area (Å²) in [5, 5.41) is 17.9. The van der Waals surface area contributed by atoms with Crippen LogP contribution in [0.2, 0.25) is 0 Å². The number of aliphatic hydroxyl groups is 1. The van der Waals surface area contributed by atoms with Gasteiger partial charge >= 0.3 is 12.1 Å². The van der Waals surface area contributed by atoms with Crippen LogP contribution in [0, 0.1) is 5.92 Å². The number of alkyl carbamates (subject to hydrolysis) is 1. The molecule has 0 heterocycles. The SMILES string of the molecule is C=CCC(CC(=O)NC(CO)Cc1ccc(OCc2ccccc2)cc1)C(=O)NCCOC(=O)C(CC=C)NC(=O)OCc1ccccc1. The third-order valence-electron chi connectivity index (χ3n) is 7.33. The van der Waals surface area contributed by atoms with Crippen molar-refractivity contribution in [2.75, 3.05) is 19.8 Å². The van der Waals surface area contributed by atoms with Crippen LogP contribution in [0.5, 0.6) is 5.75 Å². The van der Waals surface area contributed by atoms with Crippen molar-refractivity contribution >= 4 is 23.9 Å². The molecule has 0 aliphatic rings. The van der Waals surface area contributed by atoms with Crippen LogP contribution in [-0.2, 0) is 43.5 Å². The summed E-state index contributed by atoms with van der Waals surface area (Å²) < 4.78 is 16.2. The summed E-state index contributed by atoms with van der Waals surface area (Å²) >= 11 is 0. The number of carbonyl (C=O) groups is 4. The zero-order valence-electron chi connectivity index (χ0n) is 27.6. The van der Waals surface area contributed by atoms with Crippen molar-refractivity contribution < 1.29 is 38.5 Å². The lowest BCUT2D eigenvalue weighted by molar-refractivity contribution is -0.146. The van der Waals surface area contributed by atoms with Gasteiger partial charge in [0, 0.05) is 6.42 Å². The van der Waals surface area contributed by atoms with Crippen molar-refractivity contribution in [2.24, 2.45) is 5.92 Å². The molecule has 0 aliphatic carbocycles.